The Balaban J connectivity index is 2.03. The van der Waals surface area contributed by atoms with Gasteiger partial charge in [-0.05, 0) is 44.5 Å². The molecule has 0 saturated carbocycles. The highest BCUT2D eigenvalue weighted by Crippen LogP contribution is 2.24. The van der Waals surface area contributed by atoms with Gasteiger partial charge in [-0.25, -0.2) is 4.79 Å². The predicted molar refractivity (Wildman–Crippen MR) is 92.3 cm³/mol. The van der Waals surface area contributed by atoms with E-state index in [0.717, 1.165) is 5.56 Å². The zero-order valence-electron chi connectivity index (χ0n) is 14.0. The van der Waals surface area contributed by atoms with E-state index >= 15 is 0 Å². The van der Waals surface area contributed by atoms with Crippen LogP contribution in [0.2, 0.25) is 0 Å². The van der Waals surface area contributed by atoms with Crippen LogP contribution in [-0.2, 0) is 9.53 Å². The van der Waals surface area contributed by atoms with Crippen LogP contribution in [0.15, 0.2) is 48.5 Å². The molecule has 0 radical (unpaired) electrons. The molecular weight excluding hydrogens is 306 g/mol. The summed E-state index contributed by atoms with van der Waals surface area (Å²) in [5.74, 6) is -0.358. The van der Waals surface area contributed by atoms with E-state index in [1.165, 1.54) is 6.92 Å². The van der Waals surface area contributed by atoms with Crippen LogP contribution >= 0.6 is 0 Å². The third kappa shape index (κ3) is 4.35. The Labute approximate surface area is 141 Å². The molecule has 0 saturated heterocycles. The van der Waals surface area contributed by atoms with Crippen LogP contribution in [0.1, 0.15) is 29.8 Å². The predicted octanol–water partition coefficient (Wildman–Crippen LogP) is 3.58. The molecule has 0 bridgehead atoms. The lowest BCUT2D eigenvalue weighted by Gasteiger charge is -2.16. The number of rotatable bonds is 6. The molecule has 5 nitrogen and oxygen atoms in total. The van der Waals surface area contributed by atoms with Crippen molar-refractivity contribution in [3.05, 3.63) is 59.7 Å². The molecule has 0 spiro atoms. The number of carbonyl (C=O) groups is 2. The third-order valence-electron chi connectivity index (χ3n) is 3.46. The lowest BCUT2D eigenvalue weighted by Crippen LogP contribution is -2.30. The van der Waals surface area contributed by atoms with Crippen molar-refractivity contribution in [1.82, 2.24) is 0 Å². The lowest BCUT2D eigenvalue weighted by molar-refractivity contribution is -0.123. The van der Waals surface area contributed by atoms with Gasteiger partial charge in [-0.15, -0.1) is 0 Å². The number of benzene rings is 2. The molecule has 24 heavy (non-hydrogen) atoms. The number of hydrogen-bond acceptors (Lipinski definition) is 4. The Morgan fingerprint density at radius 1 is 1.08 bits per heavy atom. The molecule has 2 rings (SSSR count). The van der Waals surface area contributed by atoms with Crippen LogP contribution in [0.3, 0.4) is 0 Å². The van der Waals surface area contributed by atoms with Crippen molar-refractivity contribution in [2.75, 3.05) is 11.9 Å². The SMILES string of the molecule is CCOc1ccccc1NC(=O)[C@@H](C)OC(=O)c1ccccc1C. The Hall–Kier alpha value is -2.82. The number of aryl methyl sites for hydroxylation is 1. The molecule has 1 atom stereocenters. The molecule has 0 aliphatic heterocycles. The number of esters is 1. The van der Waals surface area contributed by atoms with Crippen LogP contribution < -0.4 is 10.1 Å². The van der Waals surface area contributed by atoms with Gasteiger partial charge in [-0.1, -0.05) is 30.3 Å². The maximum atomic E-state index is 12.3. The van der Waals surface area contributed by atoms with Gasteiger partial charge in [0.25, 0.3) is 5.91 Å². The molecule has 0 unspecified atom stereocenters. The summed E-state index contributed by atoms with van der Waals surface area (Å²) < 4.78 is 10.7. The number of ether oxygens (including phenoxy) is 2. The van der Waals surface area contributed by atoms with Crippen molar-refractivity contribution in [3.63, 3.8) is 0 Å². The Kier molecular flexibility index (Phi) is 5.95. The van der Waals surface area contributed by atoms with E-state index in [2.05, 4.69) is 5.32 Å². The lowest BCUT2D eigenvalue weighted by atomic mass is 10.1. The Morgan fingerprint density at radius 2 is 1.75 bits per heavy atom. The first-order valence-corrected chi connectivity index (χ1v) is 7.82. The van der Waals surface area contributed by atoms with Gasteiger partial charge in [0.05, 0.1) is 17.9 Å². The molecule has 0 fully saturated rings. The summed E-state index contributed by atoms with van der Waals surface area (Å²) in [5.41, 5.74) is 1.80. The van der Waals surface area contributed by atoms with E-state index in [1.807, 2.05) is 32.0 Å². The van der Waals surface area contributed by atoms with Gasteiger partial charge in [0, 0.05) is 0 Å². The molecule has 1 amide bonds. The Bertz CT molecular complexity index is 727. The van der Waals surface area contributed by atoms with E-state index in [4.69, 9.17) is 9.47 Å². The quantitative estimate of drug-likeness (QED) is 0.824. The standard InChI is InChI=1S/C19H21NO4/c1-4-23-17-12-8-7-11-16(17)20-18(21)14(3)24-19(22)15-10-6-5-9-13(15)2/h5-12,14H,4H2,1-3H3,(H,20,21)/t14-/m1/s1. The first-order valence-electron chi connectivity index (χ1n) is 7.82. The van der Waals surface area contributed by atoms with Gasteiger partial charge >= 0.3 is 5.97 Å². The second-order valence-electron chi connectivity index (χ2n) is 5.28. The molecule has 1 N–H and O–H groups in total. The monoisotopic (exact) mass is 327 g/mol. The van der Waals surface area contributed by atoms with Crippen LogP contribution in [0.4, 0.5) is 5.69 Å². The molecule has 0 aliphatic rings. The number of amides is 1. The number of carbonyl (C=O) groups excluding carboxylic acids is 2. The van der Waals surface area contributed by atoms with Crippen LogP contribution in [0.25, 0.3) is 0 Å². The van der Waals surface area contributed by atoms with Gasteiger partial charge in [0.2, 0.25) is 0 Å². The maximum absolute atomic E-state index is 12.3. The summed E-state index contributed by atoms with van der Waals surface area (Å²) in [6.45, 7) is 5.71. The van der Waals surface area contributed by atoms with Crippen molar-refractivity contribution >= 4 is 17.6 Å². The topological polar surface area (TPSA) is 64.6 Å². The summed E-state index contributed by atoms with van der Waals surface area (Å²) in [6.07, 6.45) is -0.924. The molecule has 126 valence electrons. The summed E-state index contributed by atoms with van der Waals surface area (Å²) in [7, 11) is 0. The average Bonchev–Trinajstić information content (AvgIpc) is 2.57. The zero-order valence-corrected chi connectivity index (χ0v) is 14.0. The molecule has 2 aromatic carbocycles. The summed E-state index contributed by atoms with van der Waals surface area (Å²) in [5, 5.41) is 2.73. The molecule has 0 aliphatic carbocycles. The largest absolute Gasteiger partial charge is 0.492 e. The average molecular weight is 327 g/mol. The minimum atomic E-state index is -0.924. The van der Waals surface area contributed by atoms with Crippen LogP contribution in [0.5, 0.6) is 5.75 Å². The zero-order chi connectivity index (χ0) is 17.5. The summed E-state index contributed by atoms with van der Waals surface area (Å²) in [6, 6.07) is 14.2. The number of para-hydroxylation sites is 2. The highest BCUT2D eigenvalue weighted by molar-refractivity contribution is 5.98. The number of hydrogen-bond donors (Lipinski definition) is 1. The fraction of sp³-hybridized carbons (Fsp3) is 0.263. The van der Waals surface area contributed by atoms with Crippen LogP contribution in [-0.4, -0.2) is 24.6 Å². The van der Waals surface area contributed by atoms with Crippen molar-refractivity contribution in [2.45, 2.75) is 26.9 Å². The highest BCUT2D eigenvalue weighted by atomic mass is 16.5. The normalized spacial score (nSPS) is 11.5. The van der Waals surface area contributed by atoms with Gasteiger partial charge in [0.15, 0.2) is 6.10 Å². The van der Waals surface area contributed by atoms with E-state index in [1.54, 1.807) is 30.3 Å². The summed E-state index contributed by atoms with van der Waals surface area (Å²) in [4.78, 5) is 24.5. The first kappa shape index (κ1) is 17.5. The first-order chi connectivity index (χ1) is 11.5. The molecule has 2 aromatic rings. The Morgan fingerprint density at radius 3 is 2.46 bits per heavy atom. The molecular formula is C19H21NO4. The molecule has 0 aromatic heterocycles. The maximum Gasteiger partial charge on any atom is 0.339 e. The van der Waals surface area contributed by atoms with Gasteiger partial charge < -0.3 is 14.8 Å². The molecule has 0 heterocycles. The van der Waals surface area contributed by atoms with Crippen molar-refractivity contribution in [3.8, 4) is 5.75 Å². The second-order valence-corrected chi connectivity index (χ2v) is 5.28. The smallest absolute Gasteiger partial charge is 0.339 e. The van der Waals surface area contributed by atoms with Crippen molar-refractivity contribution in [2.24, 2.45) is 0 Å². The van der Waals surface area contributed by atoms with Crippen molar-refractivity contribution in [1.29, 1.82) is 0 Å². The van der Waals surface area contributed by atoms with Gasteiger partial charge in [-0.3, -0.25) is 4.79 Å². The van der Waals surface area contributed by atoms with Crippen molar-refractivity contribution < 1.29 is 19.1 Å². The minimum absolute atomic E-state index is 0.413. The third-order valence-corrected chi connectivity index (χ3v) is 3.46. The van der Waals surface area contributed by atoms with E-state index in [9.17, 15) is 9.59 Å². The second kappa shape index (κ2) is 8.15. The van der Waals surface area contributed by atoms with Gasteiger partial charge in [0.1, 0.15) is 5.75 Å². The molecule has 5 heteroatoms. The minimum Gasteiger partial charge on any atom is -0.492 e. The fourth-order valence-corrected chi connectivity index (χ4v) is 2.17. The van der Waals surface area contributed by atoms with E-state index in [-0.39, 0.29) is 0 Å². The van der Waals surface area contributed by atoms with E-state index in [0.29, 0.717) is 23.6 Å². The highest BCUT2D eigenvalue weighted by Gasteiger charge is 2.20. The number of anilines is 1. The van der Waals surface area contributed by atoms with Crippen LogP contribution in [0, 0.1) is 6.92 Å². The summed E-state index contributed by atoms with van der Waals surface area (Å²) >= 11 is 0. The van der Waals surface area contributed by atoms with E-state index < -0.39 is 18.0 Å². The van der Waals surface area contributed by atoms with Gasteiger partial charge in [-0.2, -0.15) is 0 Å². The number of nitrogens with one attached hydrogen (secondary N) is 1. The fourth-order valence-electron chi connectivity index (χ4n) is 2.17.